The molecule has 0 unspecified atom stereocenters. The van der Waals surface area contributed by atoms with Gasteiger partial charge in [0.25, 0.3) is 5.91 Å². The number of hydrogen-bond donors (Lipinski definition) is 1. The molecule has 0 bridgehead atoms. The Kier molecular flexibility index (Phi) is 4.29. The molecule has 0 saturated carbocycles. The van der Waals surface area contributed by atoms with E-state index in [9.17, 15) is 4.79 Å². The van der Waals surface area contributed by atoms with E-state index in [-0.39, 0.29) is 5.91 Å². The molecule has 128 valence electrons. The van der Waals surface area contributed by atoms with Gasteiger partial charge < -0.3 is 9.47 Å². The molecule has 4 heterocycles. The molecule has 24 heavy (non-hydrogen) atoms. The first-order valence-corrected chi connectivity index (χ1v) is 8.73. The molecule has 2 aromatic heterocycles. The molecule has 1 fully saturated rings. The van der Waals surface area contributed by atoms with Gasteiger partial charge in [-0.15, -0.1) is 10.2 Å². The van der Waals surface area contributed by atoms with Crippen LogP contribution in [0.5, 0.6) is 0 Å². The smallest absolute Gasteiger partial charge is 0.271 e. The summed E-state index contributed by atoms with van der Waals surface area (Å²) in [4.78, 5) is 16.6. The number of aromatic nitrogens is 5. The third kappa shape index (κ3) is 3.06. The van der Waals surface area contributed by atoms with Gasteiger partial charge >= 0.3 is 0 Å². The van der Waals surface area contributed by atoms with E-state index in [2.05, 4.69) is 29.9 Å². The zero-order valence-corrected chi connectivity index (χ0v) is 13.8. The zero-order chi connectivity index (χ0) is 16.4. The summed E-state index contributed by atoms with van der Waals surface area (Å²) in [5.41, 5.74) is 0.561. The van der Waals surface area contributed by atoms with Crippen LogP contribution in [-0.4, -0.2) is 66.8 Å². The molecule has 0 spiro atoms. The molecule has 0 radical (unpaired) electrons. The van der Waals surface area contributed by atoms with Crippen molar-refractivity contribution in [2.75, 3.05) is 26.2 Å². The van der Waals surface area contributed by atoms with Gasteiger partial charge in [-0.25, -0.2) is 0 Å². The van der Waals surface area contributed by atoms with Crippen molar-refractivity contribution in [3.63, 3.8) is 0 Å². The van der Waals surface area contributed by atoms with Crippen LogP contribution < -0.4 is 0 Å². The summed E-state index contributed by atoms with van der Waals surface area (Å²) in [5.74, 6) is 2.24. The molecule has 1 N–H and O–H groups in total. The van der Waals surface area contributed by atoms with E-state index in [0.717, 1.165) is 57.3 Å². The van der Waals surface area contributed by atoms with Crippen molar-refractivity contribution in [3.8, 4) is 0 Å². The molecule has 2 aromatic rings. The molecule has 2 aliphatic rings. The van der Waals surface area contributed by atoms with Crippen molar-refractivity contribution in [1.82, 2.24) is 34.8 Å². The largest absolute Gasteiger partial charge is 0.335 e. The molecular formula is C16H23N7O. The van der Waals surface area contributed by atoms with Crippen molar-refractivity contribution >= 4 is 5.91 Å². The summed E-state index contributed by atoms with van der Waals surface area (Å²) >= 11 is 0. The Morgan fingerprint density at radius 1 is 1.08 bits per heavy atom. The number of amides is 1. The maximum atomic E-state index is 12.3. The maximum Gasteiger partial charge on any atom is 0.271 e. The third-order valence-electron chi connectivity index (χ3n) is 4.94. The highest BCUT2D eigenvalue weighted by molar-refractivity contribution is 5.92. The summed E-state index contributed by atoms with van der Waals surface area (Å²) in [6, 6.07) is 1.72. The van der Waals surface area contributed by atoms with Crippen LogP contribution in [0.4, 0.5) is 0 Å². The summed E-state index contributed by atoms with van der Waals surface area (Å²) in [7, 11) is 0. The average molecular weight is 329 g/mol. The molecule has 4 rings (SSSR count). The first kappa shape index (κ1) is 15.3. The lowest BCUT2D eigenvalue weighted by Crippen LogP contribution is -2.48. The number of H-pyrrole nitrogens is 1. The van der Waals surface area contributed by atoms with Gasteiger partial charge in [-0.2, -0.15) is 5.10 Å². The molecule has 0 aromatic carbocycles. The number of carbonyl (C=O) groups is 1. The Balaban J connectivity index is 1.35. The number of fused-ring (bicyclic) bond motifs is 1. The third-order valence-corrected chi connectivity index (χ3v) is 4.94. The van der Waals surface area contributed by atoms with E-state index in [1.165, 1.54) is 19.3 Å². The summed E-state index contributed by atoms with van der Waals surface area (Å²) in [5, 5.41) is 15.4. The minimum atomic E-state index is 0.0310. The van der Waals surface area contributed by atoms with Crippen LogP contribution in [-0.2, 0) is 19.5 Å². The maximum absolute atomic E-state index is 12.3. The second-order valence-corrected chi connectivity index (χ2v) is 6.53. The Morgan fingerprint density at radius 3 is 2.75 bits per heavy atom. The standard InChI is InChI=1S/C16H23N7O/c24-16(13-5-6-17-18-13)22-10-8-21(9-11-22)12-15-20-19-14-4-2-1-3-7-23(14)15/h5-6H,1-4,7-12H2,(H,17,18). The number of rotatable bonds is 3. The number of nitrogens with zero attached hydrogens (tertiary/aromatic N) is 6. The van der Waals surface area contributed by atoms with Crippen molar-refractivity contribution in [3.05, 3.63) is 29.6 Å². The molecule has 8 nitrogen and oxygen atoms in total. The minimum Gasteiger partial charge on any atom is -0.335 e. The van der Waals surface area contributed by atoms with Gasteiger partial charge in [0.2, 0.25) is 0 Å². The molecule has 1 amide bonds. The fraction of sp³-hybridized carbons (Fsp3) is 0.625. The summed E-state index contributed by atoms with van der Waals surface area (Å²) in [6.07, 6.45) is 6.36. The van der Waals surface area contributed by atoms with E-state index in [1.54, 1.807) is 12.3 Å². The number of carbonyl (C=O) groups excluding carboxylic acids is 1. The number of nitrogens with one attached hydrogen (secondary N) is 1. The monoisotopic (exact) mass is 329 g/mol. The number of aromatic amines is 1. The Bertz CT molecular complexity index is 685. The van der Waals surface area contributed by atoms with Crippen LogP contribution in [0.3, 0.4) is 0 Å². The minimum absolute atomic E-state index is 0.0310. The average Bonchev–Trinajstić information content (AvgIpc) is 3.21. The number of hydrogen-bond acceptors (Lipinski definition) is 5. The molecular weight excluding hydrogens is 306 g/mol. The van der Waals surface area contributed by atoms with Crippen molar-refractivity contribution in [2.45, 2.75) is 38.8 Å². The predicted molar refractivity (Wildman–Crippen MR) is 87.3 cm³/mol. The molecule has 0 atom stereocenters. The van der Waals surface area contributed by atoms with Crippen LogP contribution in [0.2, 0.25) is 0 Å². The fourth-order valence-electron chi connectivity index (χ4n) is 3.52. The lowest BCUT2D eigenvalue weighted by Gasteiger charge is -2.34. The molecule has 2 aliphatic heterocycles. The second kappa shape index (κ2) is 6.72. The zero-order valence-electron chi connectivity index (χ0n) is 13.8. The highest BCUT2D eigenvalue weighted by Crippen LogP contribution is 2.16. The normalized spacial score (nSPS) is 19.1. The lowest BCUT2D eigenvalue weighted by atomic mass is 10.2. The molecule has 8 heteroatoms. The van der Waals surface area contributed by atoms with Gasteiger partial charge in [0.05, 0.1) is 6.54 Å². The number of aryl methyl sites for hydroxylation is 1. The van der Waals surface area contributed by atoms with Crippen LogP contribution in [0.1, 0.15) is 41.4 Å². The predicted octanol–water partition coefficient (Wildman–Crippen LogP) is 0.686. The van der Waals surface area contributed by atoms with Crippen molar-refractivity contribution < 1.29 is 4.79 Å². The van der Waals surface area contributed by atoms with Crippen LogP contribution in [0, 0.1) is 0 Å². The van der Waals surface area contributed by atoms with Gasteiger partial charge in [0.15, 0.2) is 0 Å². The SMILES string of the molecule is O=C(c1ccn[nH]1)N1CCN(Cc2nnc3n2CCCCC3)CC1. The van der Waals surface area contributed by atoms with Crippen LogP contribution >= 0.6 is 0 Å². The van der Waals surface area contributed by atoms with Crippen molar-refractivity contribution in [1.29, 1.82) is 0 Å². The first-order chi connectivity index (χ1) is 11.8. The van der Waals surface area contributed by atoms with Crippen LogP contribution in [0.25, 0.3) is 0 Å². The summed E-state index contributed by atoms with van der Waals surface area (Å²) in [6.45, 7) is 5.05. The van der Waals surface area contributed by atoms with E-state index in [4.69, 9.17) is 0 Å². The van der Waals surface area contributed by atoms with Crippen molar-refractivity contribution in [2.24, 2.45) is 0 Å². The molecule has 1 saturated heterocycles. The highest BCUT2D eigenvalue weighted by Gasteiger charge is 2.24. The van der Waals surface area contributed by atoms with Gasteiger partial charge in [0, 0.05) is 45.3 Å². The van der Waals surface area contributed by atoms with E-state index >= 15 is 0 Å². The highest BCUT2D eigenvalue weighted by atomic mass is 16.2. The van der Waals surface area contributed by atoms with Gasteiger partial charge in [-0.05, 0) is 18.9 Å². The Hall–Kier alpha value is -2.22. The van der Waals surface area contributed by atoms with Gasteiger partial charge in [-0.3, -0.25) is 14.8 Å². The van der Waals surface area contributed by atoms with Gasteiger partial charge in [-0.1, -0.05) is 6.42 Å². The van der Waals surface area contributed by atoms with Crippen LogP contribution in [0.15, 0.2) is 12.3 Å². The number of piperazine rings is 1. The Morgan fingerprint density at radius 2 is 1.96 bits per heavy atom. The lowest BCUT2D eigenvalue weighted by molar-refractivity contribution is 0.0618. The molecule has 0 aliphatic carbocycles. The summed E-state index contributed by atoms with van der Waals surface area (Å²) < 4.78 is 2.30. The topological polar surface area (TPSA) is 82.9 Å². The van der Waals surface area contributed by atoms with E-state index in [0.29, 0.717) is 5.69 Å². The van der Waals surface area contributed by atoms with E-state index < -0.39 is 0 Å². The second-order valence-electron chi connectivity index (χ2n) is 6.53. The first-order valence-electron chi connectivity index (χ1n) is 8.73. The quantitative estimate of drug-likeness (QED) is 0.895. The fourth-order valence-corrected chi connectivity index (χ4v) is 3.52. The van der Waals surface area contributed by atoms with E-state index in [1.807, 2.05) is 4.90 Å². The Labute approximate surface area is 140 Å². The van der Waals surface area contributed by atoms with Gasteiger partial charge in [0.1, 0.15) is 17.3 Å².